The van der Waals surface area contributed by atoms with Crippen molar-refractivity contribution in [2.75, 3.05) is 0 Å². The van der Waals surface area contributed by atoms with Gasteiger partial charge in [0.05, 0.1) is 0 Å². The minimum absolute atomic E-state index is 1.79. The summed E-state index contributed by atoms with van der Waals surface area (Å²) in [5.41, 5.74) is 0. The minimum atomic E-state index is -1.92. The number of carbonyl (C=O) groups is 6. The molecule has 0 aliphatic carbocycles. The van der Waals surface area contributed by atoms with E-state index in [4.69, 9.17) is 20.4 Å². The number of rotatable bonds is 0. The van der Waals surface area contributed by atoms with Gasteiger partial charge in [-0.05, 0) is 0 Å². The lowest BCUT2D eigenvalue weighted by atomic mass is 11.2. The van der Waals surface area contributed by atoms with Crippen LogP contribution in [0.15, 0.2) is 0 Å². The van der Waals surface area contributed by atoms with Gasteiger partial charge in [-0.1, -0.05) is 0 Å². The molecule has 0 aliphatic rings. The fraction of sp³-hybridized carbons (Fsp3) is 0. The summed E-state index contributed by atoms with van der Waals surface area (Å²) in [6.07, 6.45) is -11.3. The van der Waals surface area contributed by atoms with Crippen LogP contribution in [0.1, 0.15) is 0 Å². The molecule has 0 aliphatic heterocycles. The molecule has 14 nitrogen and oxygen atoms in total. The monoisotopic (exact) mass is 300 g/mol. The minimum Gasteiger partial charge on any atom is -0.449 e. The predicted molar refractivity (Wildman–Crippen MR) is 47.2 cm³/mol. The molecule has 0 fully saturated rings. The maximum Gasteiger partial charge on any atom is 0.528 e. The van der Waals surface area contributed by atoms with Crippen LogP contribution < -0.4 is 0 Å². The number of hydrogen-bond acceptors (Lipinski definition) is 10. The van der Waals surface area contributed by atoms with E-state index in [0.29, 0.717) is 0 Å². The Morgan fingerprint density at radius 2 is 0.600 bits per heavy atom. The van der Waals surface area contributed by atoms with Crippen LogP contribution in [0.25, 0.3) is 0 Å². The summed E-state index contributed by atoms with van der Waals surface area (Å²) >= 11 is 0. The third kappa shape index (κ3) is 16.8. The maximum atomic E-state index is 9.86. The maximum absolute atomic E-state index is 9.86. The van der Waals surface area contributed by atoms with Gasteiger partial charge in [-0.3, -0.25) is 0 Å². The first-order chi connectivity index (χ1) is 9.04. The predicted octanol–water partition coefficient (Wildman–Crippen LogP) is 0.991. The SMILES string of the molecule is O=C(O)OC(=O)OC(=O)O.O=C(O)OC(=O)OC(=O)O. The lowest BCUT2D eigenvalue weighted by Gasteiger charge is -1.93. The molecule has 0 saturated heterocycles. The molecule has 0 aromatic heterocycles. The molecule has 14 heteroatoms. The molecule has 4 N–H and O–H groups in total. The van der Waals surface area contributed by atoms with Gasteiger partial charge in [-0.2, -0.15) is 0 Å². The number of carboxylic acid groups (broad SMARTS) is 4. The molecule has 0 unspecified atom stereocenters. The van der Waals surface area contributed by atoms with Crippen LogP contribution in [0, 0.1) is 0 Å². The quantitative estimate of drug-likeness (QED) is 0.361. The van der Waals surface area contributed by atoms with E-state index < -0.39 is 36.9 Å². The standard InChI is InChI=1S/2C3H2O7/c2*4-1(5)9-3(8)10-2(6)7/h2*(H,4,5)(H,6,7). The molecule has 0 amide bonds. The Kier molecular flexibility index (Phi) is 8.87. The first-order valence-electron chi connectivity index (χ1n) is 3.75. The highest BCUT2D eigenvalue weighted by Gasteiger charge is 2.13. The smallest absolute Gasteiger partial charge is 0.449 e. The van der Waals surface area contributed by atoms with Crippen molar-refractivity contribution in [2.45, 2.75) is 0 Å². The van der Waals surface area contributed by atoms with E-state index >= 15 is 0 Å². The number of carbonyl (C=O) groups excluding carboxylic acids is 2. The average Bonchev–Trinajstić information content (AvgIpc) is 2.11. The normalized spacial score (nSPS) is 8.00. The van der Waals surface area contributed by atoms with Crippen LogP contribution in [-0.2, 0) is 18.9 Å². The van der Waals surface area contributed by atoms with Gasteiger partial charge in [0, 0.05) is 0 Å². The van der Waals surface area contributed by atoms with Crippen LogP contribution in [-0.4, -0.2) is 57.4 Å². The third-order valence-corrected chi connectivity index (χ3v) is 0.683. The van der Waals surface area contributed by atoms with E-state index in [0.717, 1.165) is 0 Å². The van der Waals surface area contributed by atoms with Crippen molar-refractivity contribution in [1.29, 1.82) is 0 Å². The first kappa shape index (κ1) is 18.8. The Morgan fingerprint density at radius 1 is 0.450 bits per heavy atom. The second-order valence-corrected chi connectivity index (χ2v) is 1.97. The van der Waals surface area contributed by atoms with Gasteiger partial charge in [-0.25, -0.2) is 28.8 Å². The van der Waals surface area contributed by atoms with Crippen molar-refractivity contribution < 1.29 is 68.1 Å². The fourth-order valence-electron chi connectivity index (χ4n) is 0.327. The second kappa shape index (κ2) is 9.45. The van der Waals surface area contributed by atoms with Gasteiger partial charge in [-0.15, -0.1) is 0 Å². The summed E-state index contributed by atoms with van der Waals surface area (Å²) in [6, 6.07) is 0. The highest BCUT2D eigenvalue weighted by Crippen LogP contribution is 1.86. The molecule has 0 bridgehead atoms. The Hall–Kier alpha value is -3.58. The molecule has 112 valence electrons. The average molecular weight is 300 g/mol. The van der Waals surface area contributed by atoms with E-state index in [2.05, 4.69) is 18.9 Å². The van der Waals surface area contributed by atoms with Crippen LogP contribution >= 0.6 is 0 Å². The number of ether oxygens (including phenoxy) is 4. The lowest BCUT2D eigenvalue weighted by Crippen LogP contribution is -2.14. The largest absolute Gasteiger partial charge is 0.528 e. The summed E-state index contributed by atoms with van der Waals surface area (Å²) in [5, 5.41) is 30.7. The van der Waals surface area contributed by atoms with Crippen LogP contribution in [0.5, 0.6) is 0 Å². The van der Waals surface area contributed by atoms with Crippen molar-refractivity contribution in [3.8, 4) is 0 Å². The summed E-state index contributed by atoms with van der Waals surface area (Å²) in [7, 11) is 0. The van der Waals surface area contributed by atoms with Crippen molar-refractivity contribution in [3.63, 3.8) is 0 Å². The molecule has 20 heavy (non-hydrogen) atoms. The molecule has 0 spiro atoms. The first-order valence-corrected chi connectivity index (χ1v) is 3.75. The molecule has 0 atom stereocenters. The molecular formula is C6H4O14. The second-order valence-electron chi connectivity index (χ2n) is 1.97. The molecule has 0 heterocycles. The van der Waals surface area contributed by atoms with E-state index in [-0.39, 0.29) is 0 Å². The summed E-state index contributed by atoms with van der Waals surface area (Å²) < 4.78 is 12.9. The highest BCUT2D eigenvalue weighted by atomic mass is 16.8. The molecule has 0 aromatic rings. The van der Waals surface area contributed by atoms with Crippen LogP contribution in [0.2, 0.25) is 0 Å². The highest BCUT2D eigenvalue weighted by molar-refractivity contribution is 5.82. The van der Waals surface area contributed by atoms with E-state index in [1.165, 1.54) is 0 Å². The molecule has 0 saturated carbocycles. The van der Waals surface area contributed by atoms with Gasteiger partial charge >= 0.3 is 36.9 Å². The summed E-state index contributed by atoms with van der Waals surface area (Å²) in [5.74, 6) is 0. The summed E-state index contributed by atoms with van der Waals surface area (Å²) in [4.78, 5) is 57.6. The van der Waals surface area contributed by atoms with E-state index in [1.807, 2.05) is 0 Å². The van der Waals surface area contributed by atoms with Crippen molar-refractivity contribution in [1.82, 2.24) is 0 Å². The third-order valence-electron chi connectivity index (χ3n) is 0.683. The Bertz CT molecular complexity index is 343. The molecular weight excluding hydrogens is 296 g/mol. The molecule has 0 radical (unpaired) electrons. The Balaban J connectivity index is 0. The van der Waals surface area contributed by atoms with E-state index in [1.54, 1.807) is 0 Å². The summed E-state index contributed by atoms with van der Waals surface area (Å²) in [6.45, 7) is 0. The number of hydrogen-bond donors (Lipinski definition) is 4. The van der Waals surface area contributed by atoms with E-state index in [9.17, 15) is 28.8 Å². The van der Waals surface area contributed by atoms with Crippen molar-refractivity contribution in [3.05, 3.63) is 0 Å². The lowest BCUT2D eigenvalue weighted by molar-refractivity contribution is 0.0514. The van der Waals surface area contributed by atoms with Gasteiger partial charge in [0.2, 0.25) is 0 Å². The zero-order valence-electron chi connectivity index (χ0n) is 8.87. The molecule has 0 rings (SSSR count). The van der Waals surface area contributed by atoms with Crippen molar-refractivity contribution >= 4 is 36.9 Å². The zero-order valence-corrected chi connectivity index (χ0v) is 8.87. The van der Waals surface area contributed by atoms with Gasteiger partial charge in [0.1, 0.15) is 0 Å². The zero-order chi connectivity index (χ0) is 16.3. The topological polar surface area (TPSA) is 220 Å². The van der Waals surface area contributed by atoms with Crippen LogP contribution in [0.3, 0.4) is 0 Å². The van der Waals surface area contributed by atoms with Crippen LogP contribution in [0.4, 0.5) is 28.8 Å². The molecule has 0 aromatic carbocycles. The Morgan fingerprint density at radius 3 is 0.700 bits per heavy atom. The fourth-order valence-corrected chi connectivity index (χ4v) is 0.327. The van der Waals surface area contributed by atoms with Gasteiger partial charge < -0.3 is 39.4 Å². The van der Waals surface area contributed by atoms with Gasteiger partial charge in [0.15, 0.2) is 0 Å². The van der Waals surface area contributed by atoms with Gasteiger partial charge in [0.25, 0.3) is 0 Å². The Labute approximate surface area is 106 Å². The van der Waals surface area contributed by atoms with Crippen molar-refractivity contribution in [2.24, 2.45) is 0 Å².